The predicted molar refractivity (Wildman–Crippen MR) is 89.0 cm³/mol. The molecule has 1 unspecified atom stereocenters. The van der Waals surface area contributed by atoms with Crippen LogP contribution in [0.15, 0.2) is 4.90 Å². The molecule has 0 amide bonds. The summed E-state index contributed by atoms with van der Waals surface area (Å²) in [5.74, 6) is -0.389. The lowest BCUT2D eigenvalue weighted by molar-refractivity contribution is 0.0944. The van der Waals surface area contributed by atoms with Gasteiger partial charge in [0.1, 0.15) is 9.90 Å². The number of nitrogens with one attached hydrogen (secondary N) is 1. The topological polar surface area (TPSA) is 89.3 Å². The van der Waals surface area contributed by atoms with E-state index < -0.39 is 9.84 Å². The van der Waals surface area contributed by atoms with E-state index >= 15 is 0 Å². The summed E-state index contributed by atoms with van der Waals surface area (Å²) in [6, 6.07) is 0.107. The largest absolute Gasteiger partial charge is 0.396 e. The molecule has 0 spiro atoms. The van der Waals surface area contributed by atoms with E-state index in [4.69, 9.17) is 5.73 Å². The van der Waals surface area contributed by atoms with E-state index in [-0.39, 0.29) is 34.1 Å². The van der Waals surface area contributed by atoms with Crippen molar-refractivity contribution in [3.05, 3.63) is 4.88 Å². The summed E-state index contributed by atoms with van der Waals surface area (Å²) in [6.45, 7) is 9.09. The highest BCUT2D eigenvalue weighted by molar-refractivity contribution is 7.92. The van der Waals surface area contributed by atoms with Gasteiger partial charge in [-0.2, -0.15) is 0 Å². The zero-order chi connectivity index (χ0) is 16.4. The minimum absolute atomic E-state index is 0.0432. The third-order valence-electron chi connectivity index (χ3n) is 3.33. The molecule has 0 bridgehead atoms. The Labute approximate surface area is 130 Å². The number of thiophene rings is 1. The van der Waals surface area contributed by atoms with Gasteiger partial charge < -0.3 is 11.1 Å². The molecule has 1 heterocycles. The van der Waals surface area contributed by atoms with E-state index in [0.29, 0.717) is 9.88 Å². The number of ketones is 1. The number of Topliss-reactive ketones (excluding diaryl/α,β-unsaturated/α-hetero) is 1. The third kappa shape index (κ3) is 3.77. The van der Waals surface area contributed by atoms with Crippen LogP contribution in [0.5, 0.6) is 0 Å². The fourth-order valence-corrected chi connectivity index (χ4v) is 4.60. The van der Waals surface area contributed by atoms with Crippen molar-refractivity contribution in [3.63, 3.8) is 0 Å². The van der Waals surface area contributed by atoms with Gasteiger partial charge in [-0.3, -0.25) is 4.79 Å². The lowest BCUT2D eigenvalue weighted by atomic mass is 10.1. The molecule has 0 radical (unpaired) electrons. The number of carbonyl (C=O) groups is 1. The molecule has 0 saturated carbocycles. The van der Waals surface area contributed by atoms with Gasteiger partial charge in [-0.15, -0.1) is 11.3 Å². The van der Waals surface area contributed by atoms with Gasteiger partial charge in [-0.1, -0.05) is 27.7 Å². The Morgan fingerprint density at radius 1 is 1.29 bits per heavy atom. The van der Waals surface area contributed by atoms with Gasteiger partial charge in [0.15, 0.2) is 15.6 Å². The zero-order valence-corrected chi connectivity index (χ0v) is 14.8. The van der Waals surface area contributed by atoms with Gasteiger partial charge in [-0.05, 0) is 13.3 Å². The van der Waals surface area contributed by atoms with Gasteiger partial charge in [-0.25, -0.2) is 8.42 Å². The summed E-state index contributed by atoms with van der Waals surface area (Å²) in [4.78, 5) is 12.6. The maximum atomic E-state index is 12.3. The normalized spacial score (nSPS) is 13.4. The van der Waals surface area contributed by atoms with Crippen LogP contribution in [0.1, 0.15) is 50.7 Å². The van der Waals surface area contributed by atoms with Crippen LogP contribution in [-0.4, -0.2) is 26.0 Å². The lowest BCUT2D eigenvalue weighted by Crippen LogP contribution is -2.16. The van der Waals surface area contributed by atoms with Gasteiger partial charge in [0.05, 0.1) is 16.3 Å². The maximum absolute atomic E-state index is 12.3. The molecule has 1 aromatic heterocycles. The summed E-state index contributed by atoms with van der Waals surface area (Å²) in [5, 5.41) is 3.64. The molecular weight excluding hydrogens is 308 g/mol. The standard InChI is InChI=1S/C14H24N2O3S2/c1-6-9(5)16-14-13(21(18,19)7-2)10(15)12(20-14)11(17)8(3)4/h8-9,16H,6-7,15H2,1-5H3. The molecule has 3 N–H and O–H groups in total. The lowest BCUT2D eigenvalue weighted by Gasteiger charge is -2.13. The summed E-state index contributed by atoms with van der Waals surface area (Å²) in [5.41, 5.74) is 6.08. The number of hydrogen-bond donors (Lipinski definition) is 2. The van der Waals surface area contributed by atoms with Gasteiger partial charge in [0.25, 0.3) is 0 Å². The van der Waals surface area contributed by atoms with Crippen LogP contribution in [0.4, 0.5) is 10.7 Å². The van der Waals surface area contributed by atoms with E-state index in [1.807, 2.05) is 13.8 Å². The van der Waals surface area contributed by atoms with E-state index in [0.717, 1.165) is 17.8 Å². The first-order valence-electron chi connectivity index (χ1n) is 7.11. The Bertz CT molecular complexity index is 618. The number of anilines is 2. The zero-order valence-electron chi connectivity index (χ0n) is 13.2. The van der Waals surface area contributed by atoms with Crippen molar-refractivity contribution >= 4 is 37.6 Å². The van der Waals surface area contributed by atoms with Crippen LogP contribution in [0.3, 0.4) is 0 Å². The van der Waals surface area contributed by atoms with E-state index in [1.54, 1.807) is 20.8 Å². The Morgan fingerprint density at radius 2 is 1.86 bits per heavy atom. The number of sulfone groups is 1. The Balaban J connectivity index is 3.48. The quantitative estimate of drug-likeness (QED) is 0.749. The first-order valence-corrected chi connectivity index (χ1v) is 9.58. The number of nitrogens with two attached hydrogens (primary N) is 1. The molecule has 120 valence electrons. The van der Waals surface area contributed by atoms with Gasteiger partial charge >= 0.3 is 0 Å². The Kier molecular flexibility index (Phi) is 5.81. The minimum Gasteiger partial charge on any atom is -0.396 e. The van der Waals surface area contributed by atoms with Crippen LogP contribution in [-0.2, 0) is 9.84 Å². The van der Waals surface area contributed by atoms with Crippen molar-refractivity contribution < 1.29 is 13.2 Å². The summed E-state index contributed by atoms with van der Waals surface area (Å²) < 4.78 is 24.6. The average molecular weight is 332 g/mol. The molecule has 7 heteroatoms. The summed E-state index contributed by atoms with van der Waals surface area (Å²) in [7, 11) is -3.48. The Hall–Kier alpha value is -1.08. The molecule has 1 rings (SSSR count). The number of carbonyl (C=O) groups excluding carboxylic acids is 1. The highest BCUT2D eigenvalue weighted by atomic mass is 32.2. The smallest absolute Gasteiger partial charge is 0.183 e. The second-order valence-corrected chi connectivity index (χ2v) is 8.61. The molecular formula is C14H24N2O3S2. The first-order chi connectivity index (χ1) is 9.65. The molecule has 0 aliphatic carbocycles. The minimum atomic E-state index is -3.48. The fraction of sp³-hybridized carbons (Fsp3) is 0.643. The number of hydrogen-bond acceptors (Lipinski definition) is 6. The van der Waals surface area contributed by atoms with E-state index in [2.05, 4.69) is 5.32 Å². The second-order valence-electron chi connectivity index (χ2n) is 5.38. The molecule has 21 heavy (non-hydrogen) atoms. The van der Waals surface area contributed by atoms with Crippen molar-refractivity contribution in [2.45, 2.75) is 52.0 Å². The molecule has 0 aliphatic heterocycles. The molecule has 1 atom stereocenters. The van der Waals surface area contributed by atoms with Crippen LogP contribution in [0, 0.1) is 5.92 Å². The van der Waals surface area contributed by atoms with Crippen molar-refractivity contribution in [1.29, 1.82) is 0 Å². The highest BCUT2D eigenvalue weighted by Gasteiger charge is 2.29. The van der Waals surface area contributed by atoms with Crippen molar-refractivity contribution in [2.75, 3.05) is 16.8 Å². The van der Waals surface area contributed by atoms with Gasteiger partial charge in [0, 0.05) is 12.0 Å². The highest BCUT2D eigenvalue weighted by Crippen LogP contribution is 2.41. The molecule has 1 aromatic rings. The molecule has 5 nitrogen and oxygen atoms in total. The van der Waals surface area contributed by atoms with Crippen molar-refractivity contribution in [2.24, 2.45) is 5.92 Å². The SMILES string of the molecule is CCC(C)Nc1sc(C(=O)C(C)C)c(N)c1S(=O)(=O)CC. The Morgan fingerprint density at radius 3 is 2.29 bits per heavy atom. The number of nitrogen functional groups attached to an aromatic ring is 1. The molecule has 0 aliphatic rings. The molecule has 0 saturated heterocycles. The third-order valence-corrected chi connectivity index (χ3v) is 6.42. The van der Waals surface area contributed by atoms with E-state index in [1.165, 1.54) is 0 Å². The summed E-state index contributed by atoms with van der Waals surface area (Å²) >= 11 is 1.14. The van der Waals surface area contributed by atoms with Crippen LogP contribution >= 0.6 is 11.3 Å². The molecule has 0 aromatic carbocycles. The number of rotatable bonds is 7. The maximum Gasteiger partial charge on any atom is 0.183 e. The van der Waals surface area contributed by atoms with E-state index in [9.17, 15) is 13.2 Å². The van der Waals surface area contributed by atoms with Crippen molar-refractivity contribution in [1.82, 2.24) is 0 Å². The molecule has 0 fully saturated rings. The predicted octanol–water partition coefficient (Wildman–Crippen LogP) is 3.17. The van der Waals surface area contributed by atoms with Gasteiger partial charge in [0.2, 0.25) is 0 Å². The first kappa shape index (κ1) is 18.0. The average Bonchev–Trinajstić information content (AvgIpc) is 2.74. The second kappa shape index (κ2) is 6.79. The van der Waals surface area contributed by atoms with Crippen LogP contribution in [0.25, 0.3) is 0 Å². The van der Waals surface area contributed by atoms with Crippen LogP contribution < -0.4 is 11.1 Å². The van der Waals surface area contributed by atoms with Crippen molar-refractivity contribution in [3.8, 4) is 0 Å². The fourth-order valence-electron chi connectivity index (χ4n) is 1.75. The van der Waals surface area contributed by atoms with Crippen LogP contribution in [0.2, 0.25) is 0 Å². The monoisotopic (exact) mass is 332 g/mol. The summed E-state index contributed by atoms with van der Waals surface area (Å²) in [6.07, 6.45) is 0.844.